The van der Waals surface area contributed by atoms with Crippen molar-refractivity contribution in [2.75, 3.05) is 6.26 Å². The fourth-order valence-electron chi connectivity index (χ4n) is 1.52. The summed E-state index contributed by atoms with van der Waals surface area (Å²) in [4.78, 5) is 0. The predicted octanol–water partition coefficient (Wildman–Crippen LogP) is 0.405. The fourth-order valence-corrected chi connectivity index (χ4v) is 1.52. The van der Waals surface area contributed by atoms with Crippen LogP contribution in [0.3, 0.4) is 0 Å². The Morgan fingerprint density at radius 2 is 1.58 bits per heavy atom. The van der Waals surface area contributed by atoms with Gasteiger partial charge in [0.1, 0.15) is 0 Å². The lowest BCUT2D eigenvalue weighted by Gasteiger charge is -2.02. The Morgan fingerprint density at radius 3 is 1.83 bits per heavy atom. The second-order valence-electron chi connectivity index (χ2n) is 3.40. The molecule has 0 aromatic rings. The van der Waals surface area contributed by atoms with Gasteiger partial charge in [-0.05, 0) is 12.8 Å². The molecule has 12 heavy (non-hydrogen) atoms. The van der Waals surface area contributed by atoms with Crippen LogP contribution in [0.15, 0.2) is 0 Å². The highest BCUT2D eigenvalue weighted by Gasteiger charge is 2.37. The molecule has 0 aromatic carbocycles. The normalized spacial score (nSPS) is 32.8. The first-order chi connectivity index (χ1) is 5.47. The summed E-state index contributed by atoms with van der Waals surface area (Å²) >= 11 is 0. The van der Waals surface area contributed by atoms with Crippen molar-refractivity contribution in [1.82, 2.24) is 5.32 Å². The molecule has 2 rings (SSSR count). The molecular formula is C7H15NO3S. The van der Waals surface area contributed by atoms with Crippen molar-refractivity contribution in [2.45, 2.75) is 37.8 Å². The summed E-state index contributed by atoms with van der Waals surface area (Å²) in [6, 6.07) is 1.91. The van der Waals surface area contributed by atoms with Crippen LogP contribution in [0.5, 0.6) is 0 Å². The summed E-state index contributed by atoms with van der Waals surface area (Å²) < 4.78 is 25.9. The lowest BCUT2D eigenvalue weighted by Crippen LogP contribution is -2.00. The van der Waals surface area contributed by atoms with E-state index in [4.69, 9.17) is 4.55 Å². The molecule has 5 heteroatoms. The van der Waals surface area contributed by atoms with E-state index in [1.807, 2.05) is 0 Å². The van der Waals surface area contributed by atoms with Gasteiger partial charge in [-0.3, -0.25) is 4.55 Å². The fraction of sp³-hybridized carbons (Fsp3) is 1.00. The first-order valence-electron chi connectivity index (χ1n) is 4.15. The third-order valence-electron chi connectivity index (χ3n) is 2.08. The van der Waals surface area contributed by atoms with Crippen molar-refractivity contribution in [3.05, 3.63) is 0 Å². The second-order valence-corrected chi connectivity index (χ2v) is 4.86. The van der Waals surface area contributed by atoms with E-state index in [2.05, 4.69) is 5.32 Å². The molecule has 72 valence electrons. The van der Waals surface area contributed by atoms with Gasteiger partial charge in [-0.15, -0.1) is 0 Å². The lowest BCUT2D eigenvalue weighted by molar-refractivity contribution is 0.490. The predicted molar refractivity (Wildman–Crippen MR) is 46.7 cm³/mol. The van der Waals surface area contributed by atoms with E-state index in [-0.39, 0.29) is 0 Å². The summed E-state index contributed by atoms with van der Waals surface area (Å²) in [5.74, 6) is 0. The summed E-state index contributed by atoms with van der Waals surface area (Å²) in [5, 5.41) is 3.43. The van der Waals surface area contributed by atoms with Gasteiger partial charge in [0.2, 0.25) is 0 Å². The number of fused-ring (bicyclic) bond motifs is 1. The van der Waals surface area contributed by atoms with E-state index < -0.39 is 10.1 Å². The second kappa shape index (κ2) is 3.72. The molecule has 0 aromatic heterocycles. The zero-order valence-corrected chi connectivity index (χ0v) is 7.97. The van der Waals surface area contributed by atoms with Crippen molar-refractivity contribution in [1.29, 1.82) is 0 Å². The first-order valence-corrected chi connectivity index (χ1v) is 6.00. The van der Waals surface area contributed by atoms with E-state index >= 15 is 0 Å². The minimum absolute atomic E-state index is 0.715. The maximum Gasteiger partial charge on any atom is 0.261 e. The van der Waals surface area contributed by atoms with Crippen LogP contribution < -0.4 is 5.32 Å². The van der Waals surface area contributed by atoms with E-state index in [0.717, 1.165) is 12.1 Å². The largest absolute Gasteiger partial charge is 0.308 e. The maximum absolute atomic E-state index is 9.19. The smallest absolute Gasteiger partial charge is 0.261 e. The standard InChI is InChI=1S/C6H11N.CH4O3S/c1-2-4-6-5(3-1)7-6;1-5(2,3)4/h5-7H,1-4H2;1H3,(H,2,3,4). The van der Waals surface area contributed by atoms with Gasteiger partial charge in [-0.1, -0.05) is 12.8 Å². The molecule has 2 fully saturated rings. The van der Waals surface area contributed by atoms with Crippen molar-refractivity contribution < 1.29 is 13.0 Å². The van der Waals surface area contributed by atoms with Crippen LogP contribution in [0.1, 0.15) is 25.7 Å². The lowest BCUT2D eigenvalue weighted by atomic mass is 10.0. The Bertz CT molecular complexity index is 219. The molecule has 0 bridgehead atoms. The van der Waals surface area contributed by atoms with Gasteiger partial charge in [-0.25, -0.2) is 0 Å². The molecule has 1 aliphatic carbocycles. The van der Waals surface area contributed by atoms with E-state index in [1.165, 1.54) is 25.7 Å². The van der Waals surface area contributed by atoms with Gasteiger partial charge >= 0.3 is 0 Å². The van der Waals surface area contributed by atoms with Crippen molar-refractivity contribution in [3.63, 3.8) is 0 Å². The Hall–Kier alpha value is -0.130. The van der Waals surface area contributed by atoms with Crippen LogP contribution in [0, 0.1) is 0 Å². The molecule has 0 radical (unpaired) electrons. The van der Waals surface area contributed by atoms with Gasteiger partial charge in [-0.2, -0.15) is 8.42 Å². The minimum atomic E-state index is -3.67. The van der Waals surface area contributed by atoms with Crippen LogP contribution in [-0.2, 0) is 10.1 Å². The minimum Gasteiger partial charge on any atom is -0.308 e. The number of nitrogens with one attached hydrogen (secondary N) is 1. The number of hydrogen-bond acceptors (Lipinski definition) is 3. The van der Waals surface area contributed by atoms with Crippen LogP contribution in [0.25, 0.3) is 0 Å². The molecule has 0 amide bonds. The highest BCUT2D eigenvalue weighted by molar-refractivity contribution is 7.85. The molecule has 0 spiro atoms. The molecule has 1 saturated carbocycles. The number of rotatable bonds is 0. The zero-order valence-electron chi connectivity index (χ0n) is 7.16. The van der Waals surface area contributed by atoms with E-state index in [0.29, 0.717) is 6.26 Å². The highest BCUT2D eigenvalue weighted by atomic mass is 32.2. The van der Waals surface area contributed by atoms with Crippen molar-refractivity contribution in [3.8, 4) is 0 Å². The molecule has 2 atom stereocenters. The summed E-state index contributed by atoms with van der Waals surface area (Å²) in [6.07, 6.45) is 6.55. The molecule has 4 nitrogen and oxygen atoms in total. The molecule has 1 aliphatic heterocycles. The van der Waals surface area contributed by atoms with Gasteiger partial charge in [0.25, 0.3) is 10.1 Å². The third kappa shape index (κ3) is 4.69. The van der Waals surface area contributed by atoms with Crippen molar-refractivity contribution in [2.24, 2.45) is 0 Å². The molecular weight excluding hydrogens is 178 g/mol. The Labute approximate surface area is 73.1 Å². The third-order valence-corrected chi connectivity index (χ3v) is 2.08. The Kier molecular flexibility index (Phi) is 3.09. The Balaban J connectivity index is 0.000000130. The van der Waals surface area contributed by atoms with Gasteiger partial charge < -0.3 is 5.32 Å². The highest BCUT2D eigenvalue weighted by Crippen LogP contribution is 2.28. The molecule has 1 saturated heterocycles. The number of hydrogen-bond donors (Lipinski definition) is 2. The monoisotopic (exact) mass is 193 g/mol. The van der Waals surface area contributed by atoms with Gasteiger partial charge in [0.15, 0.2) is 0 Å². The van der Waals surface area contributed by atoms with Gasteiger partial charge in [0.05, 0.1) is 6.26 Å². The average Bonchev–Trinajstić information content (AvgIpc) is 2.59. The van der Waals surface area contributed by atoms with Crippen LogP contribution >= 0.6 is 0 Å². The summed E-state index contributed by atoms with van der Waals surface area (Å²) in [5.41, 5.74) is 0. The Morgan fingerprint density at radius 1 is 1.25 bits per heavy atom. The first kappa shape index (κ1) is 9.95. The van der Waals surface area contributed by atoms with E-state index in [1.54, 1.807) is 0 Å². The van der Waals surface area contributed by atoms with Crippen LogP contribution in [0.2, 0.25) is 0 Å². The molecule has 2 aliphatic rings. The molecule has 2 unspecified atom stereocenters. The summed E-state index contributed by atoms with van der Waals surface area (Å²) in [6.45, 7) is 0. The average molecular weight is 193 g/mol. The van der Waals surface area contributed by atoms with Crippen LogP contribution in [-0.4, -0.2) is 31.3 Å². The quantitative estimate of drug-likeness (QED) is 0.431. The van der Waals surface area contributed by atoms with Crippen molar-refractivity contribution >= 4 is 10.1 Å². The summed E-state index contributed by atoms with van der Waals surface area (Å²) in [7, 11) is -3.67. The van der Waals surface area contributed by atoms with Gasteiger partial charge in [0, 0.05) is 12.1 Å². The molecule has 1 heterocycles. The SMILES string of the molecule is C1CCC2NC2C1.CS(=O)(=O)O. The maximum atomic E-state index is 9.19. The topological polar surface area (TPSA) is 76.3 Å². The zero-order chi connectivity index (χ0) is 9.19. The molecule has 2 N–H and O–H groups in total. The van der Waals surface area contributed by atoms with E-state index in [9.17, 15) is 8.42 Å². The van der Waals surface area contributed by atoms with Crippen LogP contribution in [0.4, 0.5) is 0 Å².